The number of nitrogens with one attached hydrogen (secondary N) is 2. The smallest absolute Gasteiger partial charge is 0.254 e. The molecular weight excluding hydrogens is 590 g/mol. The van der Waals surface area contributed by atoms with Crippen LogP contribution in [0.15, 0.2) is 83.3 Å². The van der Waals surface area contributed by atoms with E-state index in [0.717, 1.165) is 21.2 Å². The van der Waals surface area contributed by atoms with Crippen molar-refractivity contribution in [3.05, 3.63) is 106 Å². The predicted molar refractivity (Wildman–Crippen MR) is 162 cm³/mol. The van der Waals surface area contributed by atoms with Gasteiger partial charge < -0.3 is 20.6 Å². The third-order valence-electron chi connectivity index (χ3n) is 7.13. The molecule has 3 N–H and O–H groups in total. The molecule has 9 heteroatoms. The van der Waals surface area contributed by atoms with Crippen molar-refractivity contribution in [2.24, 2.45) is 0 Å². The van der Waals surface area contributed by atoms with Crippen molar-refractivity contribution in [3.63, 3.8) is 0 Å². The molecule has 0 aliphatic carbocycles. The molecule has 0 saturated carbocycles. The largest absolute Gasteiger partial charge is 0.381 e. The Morgan fingerprint density at radius 2 is 1.75 bits per heavy atom. The topological polar surface area (TPSA) is 98.7 Å². The molecule has 1 heterocycles. The fraction of sp³-hybridized carbons (Fsp3) is 0.323. The summed E-state index contributed by atoms with van der Waals surface area (Å²) in [4.78, 5) is 41.8. The molecule has 1 saturated heterocycles. The van der Waals surface area contributed by atoms with Crippen LogP contribution in [0.1, 0.15) is 40.9 Å². The van der Waals surface area contributed by atoms with Crippen molar-refractivity contribution in [3.8, 4) is 0 Å². The lowest BCUT2D eigenvalue weighted by molar-refractivity contribution is -0.147. The van der Waals surface area contributed by atoms with Gasteiger partial charge in [-0.15, -0.1) is 11.8 Å². The first-order chi connectivity index (χ1) is 19.1. The Kier molecular flexibility index (Phi) is 9.71. The van der Waals surface area contributed by atoms with Crippen molar-refractivity contribution in [2.75, 3.05) is 5.88 Å². The maximum Gasteiger partial charge on any atom is 0.254 e. The Hall–Kier alpha value is -3.14. The molecule has 3 unspecified atom stereocenters. The van der Waals surface area contributed by atoms with Gasteiger partial charge in [-0.1, -0.05) is 76.6 Å². The zero-order chi connectivity index (χ0) is 28.9. The molecule has 3 aromatic carbocycles. The van der Waals surface area contributed by atoms with E-state index in [-0.39, 0.29) is 18.2 Å². The zero-order valence-electron chi connectivity index (χ0n) is 22.8. The highest BCUT2D eigenvalue weighted by Crippen LogP contribution is 2.40. The number of halogens is 1. The second kappa shape index (κ2) is 13.0. The van der Waals surface area contributed by atoms with E-state index in [1.54, 1.807) is 18.2 Å². The van der Waals surface area contributed by atoms with Gasteiger partial charge in [0.25, 0.3) is 11.8 Å². The minimum absolute atomic E-state index is 0.238. The normalized spacial score (nSPS) is 17.6. The first-order valence-corrected chi connectivity index (χ1v) is 14.9. The van der Waals surface area contributed by atoms with Gasteiger partial charge in [-0.25, -0.2) is 0 Å². The zero-order valence-corrected chi connectivity index (χ0v) is 25.2. The molecule has 4 rings (SSSR count). The second-order valence-electron chi connectivity index (χ2n) is 10.5. The number of aliphatic hydroxyl groups is 1. The van der Waals surface area contributed by atoms with Crippen molar-refractivity contribution in [1.29, 1.82) is 0 Å². The Morgan fingerprint density at radius 1 is 1.05 bits per heavy atom. The van der Waals surface area contributed by atoms with Crippen LogP contribution in [0.2, 0.25) is 0 Å². The van der Waals surface area contributed by atoms with E-state index in [1.165, 1.54) is 16.7 Å². The van der Waals surface area contributed by atoms with E-state index in [2.05, 4.69) is 26.6 Å². The van der Waals surface area contributed by atoms with Crippen LogP contribution in [0.3, 0.4) is 0 Å². The molecule has 40 heavy (non-hydrogen) atoms. The van der Waals surface area contributed by atoms with Gasteiger partial charge in [0.05, 0.1) is 11.9 Å². The van der Waals surface area contributed by atoms with Gasteiger partial charge in [0, 0.05) is 21.3 Å². The number of benzene rings is 3. The first kappa shape index (κ1) is 29.8. The lowest BCUT2D eigenvalue weighted by Crippen LogP contribution is -2.58. The number of hydrogen-bond acceptors (Lipinski definition) is 5. The van der Waals surface area contributed by atoms with Crippen LogP contribution >= 0.6 is 27.7 Å². The molecule has 0 spiro atoms. The van der Waals surface area contributed by atoms with Gasteiger partial charge in [0.15, 0.2) is 6.10 Å². The summed E-state index contributed by atoms with van der Waals surface area (Å²) >= 11 is 4.86. The molecule has 0 aromatic heterocycles. The number of hydrogen-bond donors (Lipinski definition) is 3. The van der Waals surface area contributed by atoms with E-state index in [1.807, 2.05) is 81.4 Å². The van der Waals surface area contributed by atoms with Gasteiger partial charge in [-0.3, -0.25) is 14.4 Å². The van der Waals surface area contributed by atoms with Crippen LogP contribution in [0.25, 0.3) is 0 Å². The SMILES string of the molecule is Cc1ccccc1CNC(=O)C1N(C(=O)C(O)C(Cc2ccccc2)NC(=O)c2cccc(Br)c2)CSC1(C)C. The van der Waals surface area contributed by atoms with Gasteiger partial charge in [0.2, 0.25) is 5.91 Å². The molecule has 3 atom stereocenters. The van der Waals surface area contributed by atoms with E-state index >= 15 is 0 Å². The third kappa shape index (κ3) is 7.13. The van der Waals surface area contributed by atoms with Gasteiger partial charge in [-0.2, -0.15) is 0 Å². The minimum Gasteiger partial charge on any atom is -0.381 e. The monoisotopic (exact) mass is 623 g/mol. The van der Waals surface area contributed by atoms with Gasteiger partial charge in [-0.05, 0) is 62.1 Å². The summed E-state index contributed by atoms with van der Waals surface area (Å²) in [5, 5.41) is 17.3. The first-order valence-electron chi connectivity index (χ1n) is 13.1. The number of nitrogens with zero attached hydrogens (tertiary/aromatic N) is 1. The highest BCUT2D eigenvalue weighted by Gasteiger charge is 2.49. The summed E-state index contributed by atoms with van der Waals surface area (Å²) in [5.74, 6) is -1.03. The van der Waals surface area contributed by atoms with Gasteiger partial charge >= 0.3 is 0 Å². The van der Waals surface area contributed by atoms with Crippen LogP contribution in [-0.2, 0) is 22.6 Å². The number of thioether (sulfide) groups is 1. The molecule has 1 fully saturated rings. The van der Waals surface area contributed by atoms with Crippen LogP contribution in [0.4, 0.5) is 0 Å². The summed E-state index contributed by atoms with van der Waals surface area (Å²) in [6, 6.07) is 22.4. The summed E-state index contributed by atoms with van der Waals surface area (Å²) in [7, 11) is 0. The van der Waals surface area contributed by atoms with Crippen molar-refractivity contribution >= 4 is 45.4 Å². The quantitative estimate of drug-likeness (QED) is 0.327. The molecule has 0 radical (unpaired) electrons. The van der Waals surface area contributed by atoms with E-state index in [0.29, 0.717) is 12.1 Å². The molecule has 0 bridgehead atoms. The number of amides is 3. The van der Waals surface area contributed by atoms with Crippen LogP contribution in [0.5, 0.6) is 0 Å². The predicted octanol–water partition coefficient (Wildman–Crippen LogP) is 4.46. The molecule has 3 amide bonds. The number of aliphatic hydroxyl groups excluding tert-OH is 1. The standard InChI is InChI=1S/C31H34BrN3O4S/c1-20-10-7-8-13-23(20)18-33-29(38)27-31(2,3)40-19-35(27)30(39)26(36)25(16-21-11-5-4-6-12-21)34-28(37)22-14-9-15-24(32)17-22/h4-15,17,25-27,36H,16,18-19H2,1-3H3,(H,33,38)(H,34,37). The van der Waals surface area contributed by atoms with Crippen molar-refractivity contribution in [1.82, 2.24) is 15.5 Å². The van der Waals surface area contributed by atoms with E-state index < -0.39 is 34.7 Å². The van der Waals surface area contributed by atoms with Crippen LogP contribution in [-0.4, -0.2) is 56.5 Å². The minimum atomic E-state index is -1.56. The Morgan fingerprint density at radius 3 is 2.45 bits per heavy atom. The Bertz CT molecular complexity index is 1370. The highest BCUT2D eigenvalue weighted by atomic mass is 79.9. The van der Waals surface area contributed by atoms with Crippen LogP contribution < -0.4 is 10.6 Å². The molecule has 1 aliphatic heterocycles. The summed E-state index contributed by atoms with van der Waals surface area (Å²) in [5.41, 5.74) is 3.32. The van der Waals surface area contributed by atoms with E-state index in [9.17, 15) is 19.5 Å². The average Bonchev–Trinajstić information content (AvgIpc) is 3.26. The second-order valence-corrected chi connectivity index (χ2v) is 13.0. The average molecular weight is 625 g/mol. The molecule has 210 valence electrons. The number of carbonyl (C=O) groups excluding carboxylic acids is 3. The van der Waals surface area contributed by atoms with E-state index in [4.69, 9.17) is 0 Å². The highest BCUT2D eigenvalue weighted by molar-refractivity contribution is 9.10. The maximum atomic E-state index is 13.8. The fourth-order valence-electron chi connectivity index (χ4n) is 4.83. The Labute approximate surface area is 247 Å². The maximum absolute atomic E-state index is 13.8. The lowest BCUT2D eigenvalue weighted by Gasteiger charge is -2.33. The summed E-state index contributed by atoms with van der Waals surface area (Å²) in [6.45, 7) is 6.17. The molecule has 7 nitrogen and oxygen atoms in total. The fourth-order valence-corrected chi connectivity index (χ4v) is 6.37. The molecule has 1 aliphatic rings. The Balaban J connectivity index is 1.54. The lowest BCUT2D eigenvalue weighted by atomic mass is 9.96. The van der Waals surface area contributed by atoms with Crippen molar-refractivity contribution < 1.29 is 19.5 Å². The van der Waals surface area contributed by atoms with Crippen molar-refractivity contribution in [2.45, 2.75) is 56.7 Å². The van der Waals surface area contributed by atoms with Crippen LogP contribution in [0, 0.1) is 6.92 Å². The number of carbonyl (C=O) groups is 3. The molecular formula is C31H34BrN3O4S. The number of aryl methyl sites for hydroxylation is 1. The summed E-state index contributed by atoms with van der Waals surface area (Å²) in [6.07, 6.45) is -1.32. The number of rotatable bonds is 9. The third-order valence-corrected chi connectivity index (χ3v) is 9.00. The summed E-state index contributed by atoms with van der Waals surface area (Å²) < 4.78 is 0.173. The van der Waals surface area contributed by atoms with Gasteiger partial charge in [0.1, 0.15) is 6.04 Å². The molecule has 3 aromatic rings.